The highest BCUT2D eigenvalue weighted by Gasteiger charge is 2.27. The number of hydrogen-bond donors (Lipinski definition) is 1. The monoisotopic (exact) mass is 276 g/mol. The number of nitrogens with one attached hydrogen (secondary N) is 1. The summed E-state index contributed by atoms with van der Waals surface area (Å²) in [5.74, 6) is 0. The van der Waals surface area contributed by atoms with E-state index in [0.29, 0.717) is 25.9 Å². The number of carbonyl (C=O) groups excluding carboxylic acids is 1. The second-order valence-electron chi connectivity index (χ2n) is 6.05. The van der Waals surface area contributed by atoms with E-state index in [0.717, 1.165) is 6.42 Å². The van der Waals surface area contributed by atoms with E-state index < -0.39 is 9.84 Å². The van der Waals surface area contributed by atoms with Crippen molar-refractivity contribution >= 4 is 15.9 Å². The first kappa shape index (κ1) is 15.3. The zero-order chi connectivity index (χ0) is 14.0. The maximum absolute atomic E-state index is 12.0. The third-order valence-corrected chi connectivity index (χ3v) is 4.73. The van der Waals surface area contributed by atoms with Gasteiger partial charge in [-0.05, 0) is 40.0 Å². The molecule has 6 heteroatoms. The Bertz CT molecular complexity index is 398. The number of rotatable bonds is 1. The van der Waals surface area contributed by atoms with Crippen LogP contribution in [-0.2, 0) is 9.84 Å². The molecule has 0 aromatic heterocycles. The molecule has 1 heterocycles. The van der Waals surface area contributed by atoms with Crippen molar-refractivity contribution in [3.63, 3.8) is 0 Å². The Kier molecular flexibility index (Phi) is 4.64. The van der Waals surface area contributed by atoms with Crippen molar-refractivity contribution in [3.8, 4) is 0 Å². The van der Waals surface area contributed by atoms with Crippen molar-refractivity contribution in [2.24, 2.45) is 0 Å². The molecule has 1 aliphatic heterocycles. The average molecular weight is 276 g/mol. The molecule has 0 spiro atoms. The summed E-state index contributed by atoms with van der Waals surface area (Å²) in [5.41, 5.74) is -0.264. The third-order valence-electron chi connectivity index (χ3n) is 3.05. The van der Waals surface area contributed by atoms with Gasteiger partial charge in [0.2, 0.25) is 0 Å². The fourth-order valence-corrected chi connectivity index (χ4v) is 3.23. The normalized spacial score (nSPS) is 22.4. The molecule has 0 aliphatic carbocycles. The first-order chi connectivity index (χ1) is 8.09. The van der Waals surface area contributed by atoms with Gasteiger partial charge in [0.25, 0.3) is 0 Å². The van der Waals surface area contributed by atoms with Gasteiger partial charge in [-0.25, -0.2) is 13.2 Å². The predicted molar refractivity (Wildman–Crippen MR) is 72.3 cm³/mol. The van der Waals surface area contributed by atoms with Crippen molar-refractivity contribution in [2.45, 2.75) is 50.8 Å². The second-order valence-corrected chi connectivity index (χ2v) is 8.38. The number of carbonyl (C=O) groups is 1. The smallest absolute Gasteiger partial charge is 0.317 e. The fraction of sp³-hybridized carbons (Fsp3) is 0.917. The Morgan fingerprint density at radius 2 is 1.83 bits per heavy atom. The van der Waals surface area contributed by atoms with Gasteiger partial charge in [0.15, 0.2) is 0 Å². The quantitative estimate of drug-likeness (QED) is 0.787. The Labute approximate surface area is 110 Å². The van der Waals surface area contributed by atoms with Crippen LogP contribution in [0, 0.1) is 0 Å². The number of amides is 2. The van der Waals surface area contributed by atoms with E-state index in [2.05, 4.69) is 5.32 Å². The third kappa shape index (κ3) is 4.84. The number of urea groups is 1. The maximum Gasteiger partial charge on any atom is 0.317 e. The first-order valence-corrected chi connectivity index (χ1v) is 8.31. The lowest BCUT2D eigenvalue weighted by Crippen LogP contribution is -2.48. The van der Waals surface area contributed by atoms with Crippen LogP contribution in [0.15, 0.2) is 0 Å². The van der Waals surface area contributed by atoms with Crippen LogP contribution in [0.2, 0.25) is 0 Å². The zero-order valence-corrected chi connectivity index (χ0v) is 12.5. The molecule has 1 N–H and O–H groups in total. The van der Waals surface area contributed by atoms with E-state index in [1.54, 1.807) is 4.90 Å². The van der Waals surface area contributed by atoms with Crippen LogP contribution in [0.1, 0.15) is 40.0 Å². The summed E-state index contributed by atoms with van der Waals surface area (Å²) >= 11 is 0. The molecule has 0 saturated carbocycles. The van der Waals surface area contributed by atoms with Gasteiger partial charge in [-0.2, -0.15) is 0 Å². The molecule has 106 valence electrons. The van der Waals surface area contributed by atoms with E-state index in [9.17, 15) is 13.2 Å². The Hall–Kier alpha value is -0.780. The molecule has 0 bridgehead atoms. The molecule has 5 nitrogen and oxygen atoms in total. The van der Waals surface area contributed by atoms with E-state index in [1.807, 2.05) is 20.8 Å². The lowest BCUT2D eigenvalue weighted by Gasteiger charge is -2.27. The van der Waals surface area contributed by atoms with E-state index in [4.69, 9.17) is 0 Å². The molecule has 1 saturated heterocycles. The number of likely N-dealkylation sites (tertiary alicyclic amines) is 1. The molecule has 0 aromatic rings. The van der Waals surface area contributed by atoms with Crippen LogP contribution < -0.4 is 5.32 Å². The first-order valence-electron chi connectivity index (χ1n) is 6.35. The SMILES string of the molecule is CC(C)(C)NC(=O)N1CCCC(S(C)(=O)=O)CC1. The van der Waals surface area contributed by atoms with Crippen molar-refractivity contribution < 1.29 is 13.2 Å². The van der Waals surface area contributed by atoms with Crippen LogP contribution in [0.3, 0.4) is 0 Å². The molecule has 1 aliphatic rings. The fourth-order valence-electron chi connectivity index (χ4n) is 2.10. The van der Waals surface area contributed by atoms with Gasteiger partial charge in [-0.15, -0.1) is 0 Å². The molecule has 2 amide bonds. The maximum atomic E-state index is 12.0. The highest BCUT2D eigenvalue weighted by Crippen LogP contribution is 2.17. The van der Waals surface area contributed by atoms with Crippen molar-refractivity contribution in [1.29, 1.82) is 0 Å². The Balaban J connectivity index is 2.60. The zero-order valence-electron chi connectivity index (χ0n) is 11.7. The molecule has 1 atom stereocenters. The highest BCUT2D eigenvalue weighted by molar-refractivity contribution is 7.91. The van der Waals surface area contributed by atoms with Crippen LogP contribution in [0.25, 0.3) is 0 Å². The van der Waals surface area contributed by atoms with Gasteiger partial charge in [0.1, 0.15) is 9.84 Å². The second kappa shape index (κ2) is 5.47. The summed E-state index contributed by atoms with van der Waals surface area (Å²) in [7, 11) is -2.99. The molecule has 1 fully saturated rings. The van der Waals surface area contributed by atoms with Gasteiger partial charge in [-0.3, -0.25) is 0 Å². The highest BCUT2D eigenvalue weighted by atomic mass is 32.2. The molecule has 0 radical (unpaired) electrons. The van der Waals surface area contributed by atoms with Gasteiger partial charge in [-0.1, -0.05) is 0 Å². The Morgan fingerprint density at radius 1 is 1.22 bits per heavy atom. The van der Waals surface area contributed by atoms with Gasteiger partial charge in [0.05, 0.1) is 5.25 Å². The number of hydrogen-bond acceptors (Lipinski definition) is 3. The lowest BCUT2D eigenvalue weighted by atomic mass is 10.1. The topological polar surface area (TPSA) is 66.5 Å². The minimum absolute atomic E-state index is 0.100. The van der Waals surface area contributed by atoms with Crippen LogP contribution in [0.5, 0.6) is 0 Å². The minimum Gasteiger partial charge on any atom is -0.333 e. The summed E-state index contributed by atoms with van der Waals surface area (Å²) in [5, 5.41) is 2.61. The van der Waals surface area contributed by atoms with Gasteiger partial charge < -0.3 is 10.2 Å². The number of sulfone groups is 1. The average Bonchev–Trinajstić information content (AvgIpc) is 2.38. The van der Waals surface area contributed by atoms with E-state index in [-0.39, 0.29) is 16.8 Å². The standard InChI is InChI=1S/C12H24N2O3S/c1-12(2,3)13-11(15)14-8-5-6-10(7-9-14)18(4,16)17/h10H,5-9H2,1-4H3,(H,13,15). The van der Waals surface area contributed by atoms with Gasteiger partial charge in [0, 0.05) is 24.9 Å². The Morgan fingerprint density at radius 3 is 2.33 bits per heavy atom. The van der Waals surface area contributed by atoms with Crippen molar-refractivity contribution in [1.82, 2.24) is 10.2 Å². The summed E-state index contributed by atoms with van der Waals surface area (Å²) in [6, 6.07) is -0.100. The van der Waals surface area contributed by atoms with Crippen LogP contribution in [-0.4, -0.2) is 49.5 Å². The van der Waals surface area contributed by atoms with Crippen LogP contribution >= 0.6 is 0 Å². The summed E-state index contributed by atoms with van der Waals surface area (Å²) < 4.78 is 23.1. The summed E-state index contributed by atoms with van der Waals surface area (Å²) in [6.45, 7) is 6.94. The predicted octanol–water partition coefficient (Wildman–Crippen LogP) is 1.39. The van der Waals surface area contributed by atoms with E-state index >= 15 is 0 Å². The molecule has 0 aromatic carbocycles. The van der Waals surface area contributed by atoms with Crippen LogP contribution in [0.4, 0.5) is 4.79 Å². The lowest BCUT2D eigenvalue weighted by molar-refractivity contribution is 0.190. The molecular formula is C12H24N2O3S. The molecule has 1 rings (SSSR count). The summed E-state index contributed by atoms with van der Waals surface area (Å²) in [6.07, 6.45) is 3.21. The van der Waals surface area contributed by atoms with E-state index in [1.165, 1.54) is 6.26 Å². The molecule has 1 unspecified atom stereocenters. The minimum atomic E-state index is -2.99. The molecule has 18 heavy (non-hydrogen) atoms. The van der Waals surface area contributed by atoms with Gasteiger partial charge >= 0.3 is 6.03 Å². The summed E-state index contributed by atoms with van der Waals surface area (Å²) in [4.78, 5) is 13.7. The largest absolute Gasteiger partial charge is 0.333 e. The number of nitrogens with zero attached hydrogens (tertiary/aromatic N) is 1. The van der Waals surface area contributed by atoms with Crippen molar-refractivity contribution in [3.05, 3.63) is 0 Å². The van der Waals surface area contributed by atoms with Crippen molar-refractivity contribution in [2.75, 3.05) is 19.3 Å². The molecular weight excluding hydrogens is 252 g/mol.